The molecule has 1 aliphatic rings. The minimum Gasteiger partial charge on any atom is -0.493 e. The van der Waals surface area contributed by atoms with E-state index in [1.54, 1.807) is 18.2 Å². The molecule has 0 spiro atoms. The smallest absolute Gasteiger partial charge is 0.150 e. The van der Waals surface area contributed by atoms with Crippen LogP contribution in [0.4, 0.5) is 0 Å². The first kappa shape index (κ1) is 14.4. The molecule has 0 saturated carbocycles. The predicted molar refractivity (Wildman–Crippen MR) is 84.5 cm³/mol. The molecule has 2 aromatic carbocycles. The van der Waals surface area contributed by atoms with Gasteiger partial charge in [-0.25, -0.2) is 0 Å². The van der Waals surface area contributed by atoms with E-state index >= 15 is 0 Å². The van der Waals surface area contributed by atoms with Crippen LogP contribution in [0.2, 0.25) is 5.02 Å². The lowest BCUT2D eigenvalue weighted by atomic mass is 10.1. The van der Waals surface area contributed by atoms with Crippen LogP contribution in [0.3, 0.4) is 0 Å². The number of hydrogen-bond acceptors (Lipinski definition) is 3. The van der Waals surface area contributed by atoms with Crippen molar-refractivity contribution in [3.05, 3.63) is 56.5 Å². The van der Waals surface area contributed by atoms with E-state index in [1.807, 2.05) is 12.1 Å². The maximum atomic E-state index is 10.7. The third kappa shape index (κ3) is 3.06. The van der Waals surface area contributed by atoms with E-state index in [0.717, 1.165) is 34.1 Å². The van der Waals surface area contributed by atoms with E-state index in [-0.39, 0.29) is 0 Å². The molecule has 0 saturated heterocycles. The molecule has 0 aromatic heterocycles. The first-order valence-corrected chi connectivity index (χ1v) is 7.66. The van der Waals surface area contributed by atoms with Gasteiger partial charge >= 0.3 is 0 Å². The molecule has 0 fully saturated rings. The Morgan fingerprint density at radius 3 is 2.95 bits per heavy atom. The lowest BCUT2D eigenvalue weighted by Gasteiger charge is -2.12. The number of hydrogen-bond donors (Lipinski definition) is 0. The van der Waals surface area contributed by atoms with Crippen molar-refractivity contribution in [3.8, 4) is 11.5 Å². The standard InChI is InChI=1S/C16H12BrClO3/c17-14-5-10(8-19)1-2-15(14)21-9-12-7-13(18)6-11-3-4-20-16(11)12/h1-2,5-8H,3-4,9H2. The first-order valence-electron chi connectivity index (χ1n) is 6.49. The Kier molecular flexibility index (Phi) is 4.17. The fourth-order valence-corrected chi connectivity index (χ4v) is 3.09. The average molecular weight is 368 g/mol. The number of carbonyl (C=O) groups excluding carboxylic acids is 1. The zero-order valence-electron chi connectivity index (χ0n) is 11.1. The number of benzene rings is 2. The Morgan fingerprint density at radius 1 is 1.33 bits per heavy atom. The Labute approximate surface area is 136 Å². The zero-order chi connectivity index (χ0) is 14.8. The van der Waals surface area contributed by atoms with Crippen LogP contribution in [0.25, 0.3) is 0 Å². The minimum absolute atomic E-state index is 0.363. The summed E-state index contributed by atoms with van der Waals surface area (Å²) < 4.78 is 12.2. The molecule has 1 heterocycles. The van der Waals surface area contributed by atoms with Crippen molar-refractivity contribution in [2.45, 2.75) is 13.0 Å². The van der Waals surface area contributed by atoms with Gasteiger partial charge in [-0.05, 0) is 51.8 Å². The van der Waals surface area contributed by atoms with Crippen molar-refractivity contribution in [2.75, 3.05) is 6.61 Å². The first-order chi connectivity index (χ1) is 10.2. The zero-order valence-corrected chi connectivity index (χ0v) is 13.4. The molecule has 0 unspecified atom stereocenters. The lowest BCUT2D eigenvalue weighted by Crippen LogP contribution is -1.99. The van der Waals surface area contributed by atoms with Crippen molar-refractivity contribution < 1.29 is 14.3 Å². The van der Waals surface area contributed by atoms with E-state index in [0.29, 0.717) is 29.5 Å². The summed E-state index contributed by atoms with van der Waals surface area (Å²) in [6.45, 7) is 1.04. The second-order valence-electron chi connectivity index (χ2n) is 4.75. The molecule has 0 atom stereocenters. The number of aldehydes is 1. The van der Waals surface area contributed by atoms with Crippen LogP contribution in [0, 0.1) is 0 Å². The SMILES string of the molecule is O=Cc1ccc(OCc2cc(Cl)cc3c2OCC3)c(Br)c1. The summed E-state index contributed by atoms with van der Waals surface area (Å²) in [5.41, 5.74) is 2.65. The van der Waals surface area contributed by atoms with Gasteiger partial charge in [0.05, 0.1) is 11.1 Å². The monoisotopic (exact) mass is 366 g/mol. The van der Waals surface area contributed by atoms with Gasteiger partial charge in [0.2, 0.25) is 0 Å². The van der Waals surface area contributed by atoms with Crippen LogP contribution < -0.4 is 9.47 Å². The molecule has 3 rings (SSSR count). The van der Waals surface area contributed by atoms with Crippen LogP contribution in [-0.2, 0) is 13.0 Å². The van der Waals surface area contributed by atoms with E-state index in [1.165, 1.54) is 0 Å². The van der Waals surface area contributed by atoms with Gasteiger partial charge in [0.15, 0.2) is 0 Å². The van der Waals surface area contributed by atoms with Crippen LogP contribution in [0.15, 0.2) is 34.8 Å². The van der Waals surface area contributed by atoms with Gasteiger partial charge in [-0.3, -0.25) is 4.79 Å². The van der Waals surface area contributed by atoms with Crippen LogP contribution in [0.5, 0.6) is 11.5 Å². The van der Waals surface area contributed by atoms with E-state index in [9.17, 15) is 4.79 Å². The largest absolute Gasteiger partial charge is 0.493 e. The fraction of sp³-hybridized carbons (Fsp3) is 0.188. The van der Waals surface area contributed by atoms with Crippen LogP contribution >= 0.6 is 27.5 Å². The van der Waals surface area contributed by atoms with Gasteiger partial charge in [-0.1, -0.05) is 11.6 Å². The van der Waals surface area contributed by atoms with Crippen molar-refractivity contribution in [1.82, 2.24) is 0 Å². The van der Waals surface area contributed by atoms with Crippen molar-refractivity contribution in [3.63, 3.8) is 0 Å². The van der Waals surface area contributed by atoms with Crippen LogP contribution in [0.1, 0.15) is 21.5 Å². The van der Waals surface area contributed by atoms with Crippen molar-refractivity contribution in [2.24, 2.45) is 0 Å². The lowest BCUT2D eigenvalue weighted by molar-refractivity contribution is 0.112. The highest BCUT2D eigenvalue weighted by molar-refractivity contribution is 9.10. The molecule has 1 aliphatic heterocycles. The number of halogens is 2. The van der Waals surface area contributed by atoms with E-state index in [4.69, 9.17) is 21.1 Å². The number of rotatable bonds is 4. The highest BCUT2D eigenvalue weighted by Crippen LogP contribution is 2.34. The predicted octanol–water partition coefficient (Wildman–Crippen LogP) is 4.43. The molecule has 21 heavy (non-hydrogen) atoms. The highest BCUT2D eigenvalue weighted by atomic mass is 79.9. The van der Waals surface area contributed by atoms with Crippen LogP contribution in [-0.4, -0.2) is 12.9 Å². The van der Waals surface area contributed by atoms with Gasteiger partial charge in [0.1, 0.15) is 24.4 Å². The molecule has 0 aliphatic carbocycles. The van der Waals surface area contributed by atoms with Crippen molar-refractivity contribution in [1.29, 1.82) is 0 Å². The van der Waals surface area contributed by atoms with Gasteiger partial charge < -0.3 is 9.47 Å². The minimum atomic E-state index is 0.363. The Morgan fingerprint density at radius 2 is 2.19 bits per heavy atom. The van der Waals surface area contributed by atoms with E-state index in [2.05, 4.69) is 15.9 Å². The molecule has 5 heteroatoms. The van der Waals surface area contributed by atoms with Gasteiger partial charge in [-0.15, -0.1) is 0 Å². The molecular formula is C16H12BrClO3. The second kappa shape index (κ2) is 6.08. The maximum absolute atomic E-state index is 10.7. The summed E-state index contributed by atoms with van der Waals surface area (Å²) in [5, 5.41) is 0.688. The van der Waals surface area contributed by atoms with Crippen molar-refractivity contribution >= 4 is 33.8 Å². The Balaban J connectivity index is 1.81. The van der Waals surface area contributed by atoms with Gasteiger partial charge in [0.25, 0.3) is 0 Å². The summed E-state index contributed by atoms with van der Waals surface area (Å²) in [6.07, 6.45) is 1.67. The van der Waals surface area contributed by atoms with E-state index < -0.39 is 0 Å². The molecule has 108 valence electrons. The third-order valence-corrected chi connectivity index (χ3v) is 4.14. The topological polar surface area (TPSA) is 35.5 Å². The second-order valence-corrected chi connectivity index (χ2v) is 6.04. The molecular weight excluding hydrogens is 356 g/mol. The summed E-state index contributed by atoms with van der Waals surface area (Å²) in [4.78, 5) is 10.7. The molecule has 2 aromatic rings. The average Bonchev–Trinajstić information content (AvgIpc) is 2.93. The summed E-state index contributed by atoms with van der Waals surface area (Å²) in [6, 6.07) is 8.99. The molecule has 0 bridgehead atoms. The van der Waals surface area contributed by atoms with Gasteiger partial charge in [-0.2, -0.15) is 0 Å². The quantitative estimate of drug-likeness (QED) is 0.750. The fourth-order valence-electron chi connectivity index (χ4n) is 2.32. The number of fused-ring (bicyclic) bond motifs is 1. The summed E-state index contributed by atoms with van der Waals surface area (Å²) >= 11 is 9.52. The molecule has 3 nitrogen and oxygen atoms in total. The Bertz CT molecular complexity index is 700. The number of carbonyl (C=O) groups is 1. The molecule has 0 N–H and O–H groups in total. The highest BCUT2D eigenvalue weighted by Gasteiger charge is 2.18. The molecule has 0 radical (unpaired) electrons. The maximum Gasteiger partial charge on any atom is 0.150 e. The Hall–Kier alpha value is -1.52. The third-order valence-electron chi connectivity index (χ3n) is 3.30. The normalized spacial score (nSPS) is 12.7. The molecule has 0 amide bonds. The summed E-state index contributed by atoms with van der Waals surface area (Å²) in [5.74, 6) is 1.55. The summed E-state index contributed by atoms with van der Waals surface area (Å²) in [7, 11) is 0. The van der Waals surface area contributed by atoms with Gasteiger partial charge in [0, 0.05) is 22.6 Å². The number of ether oxygens (including phenoxy) is 2.